The number of rotatable bonds is 8. The molecule has 1 aromatic heterocycles. The number of aryl methyl sites for hydroxylation is 1. The zero-order valence-corrected chi connectivity index (χ0v) is 19.9. The smallest absolute Gasteiger partial charge is 0.325 e. The maximum absolute atomic E-state index is 13.9. The van der Waals surface area contributed by atoms with E-state index in [9.17, 15) is 23.9 Å². The Balaban J connectivity index is 1.47. The van der Waals surface area contributed by atoms with Crippen LogP contribution in [0.25, 0.3) is 10.9 Å². The third kappa shape index (κ3) is 5.80. The molecule has 1 aromatic carbocycles. The summed E-state index contributed by atoms with van der Waals surface area (Å²) in [7, 11) is 2.04. The summed E-state index contributed by atoms with van der Waals surface area (Å²) in [6.45, 7) is 5.68. The number of carbonyl (C=O) groups is 3. The van der Waals surface area contributed by atoms with Crippen LogP contribution in [0.2, 0.25) is 0 Å². The van der Waals surface area contributed by atoms with Crippen LogP contribution in [0, 0.1) is 5.82 Å². The van der Waals surface area contributed by atoms with Crippen molar-refractivity contribution in [3.05, 3.63) is 35.8 Å². The predicted octanol–water partition coefficient (Wildman–Crippen LogP) is 0.772. The molecule has 2 saturated heterocycles. The lowest BCUT2D eigenvalue weighted by Crippen LogP contribution is -2.54. The van der Waals surface area contributed by atoms with Gasteiger partial charge in [-0.2, -0.15) is 0 Å². The lowest BCUT2D eigenvalue weighted by Gasteiger charge is -2.39. The molecule has 2 fully saturated rings. The highest BCUT2D eigenvalue weighted by Gasteiger charge is 2.33. The van der Waals surface area contributed by atoms with Gasteiger partial charge in [-0.05, 0) is 25.2 Å². The van der Waals surface area contributed by atoms with Crippen molar-refractivity contribution in [2.75, 3.05) is 66.0 Å². The van der Waals surface area contributed by atoms with E-state index >= 15 is 0 Å². The molecule has 0 bridgehead atoms. The van der Waals surface area contributed by atoms with Crippen LogP contribution in [0.1, 0.15) is 18.0 Å². The Morgan fingerprint density at radius 1 is 1.00 bits per heavy atom. The summed E-state index contributed by atoms with van der Waals surface area (Å²) in [5.41, 5.74) is 0.990. The first-order valence-corrected chi connectivity index (χ1v) is 11.9. The second-order valence-electron chi connectivity index (χ2n) is 9.32. The van der Waals surface area contributed by atoms with E-state index < -0.39 is 23.8 Å². The first kappa shape index (κ1) is 25.1. The Morgan fingerprint density at radius 3 is 2.31 bits per heavy atom. The number of carboxylic acid groups (broad SMARTS) is 2. The Kier molecular flexibility index (Phi) is 7.68. The predicted molar refractivity (Wildman–Crippen MR) is 127 cm³/mol. The lowest BCUT2D eigenvalue weighted by molar-refractivity contribution is -0.145. The third-order valence-electron chi connectivity index (χ3n) is 6.96. The minimum absolute atomic E-state index is 0.102. The molecule has 11 heteroatoms. The number of hydrogen-bond acceptors (Lipinski definition) is 6. The maximum Gasteiger partial charge on any atom is 0.325 e. The van der Waals surface area contributed by atoms with Gasteiger partial charge in [-0.3, -0.25) is 24.2 Å². The molecule has 3 heterocycles. The van der Waals surface area contributed by atoms with Crippen LogP contribution in [-0.2, 0) is 20.9 Å². The molecule has 4 rings (SSSR count). The Bertz CT molecular complexity index is 1090. The van der Waals surface area contributed by atoms with Crippen molar-refractivity contribution in [1.82, 2.24) is 24.2 Å². The molecule has 35 heavy (non-hydrogen) atoms. The number of amides is 1. The van der Waals surface area contributed by atoms with Crippen molar-refractivity contribution in [2.45, 2.75) is 19.0 Å². The number of hydrogen-bond donors (Lipinski definition) is 2. The van der Waals surface area contributed by atoms with Gasteiger partial charge in [0.1, 0.15) is 11.9 Å². The first-order chi connectivity index (χ1) is 16.7. The van der Waals surface area contributed by atoms with E-state index in [0.717, 1.165) is 26.2 Å². The molecule has 0 saturated carbocycles. The van der Waals surface area contributed by atoms with Crippen LogP contribution in [0.4, 0.5) is 4.39 Å². The highest BCUT2D eigenvalue weighted by atomic mass is 19.1. The lowest BCUT2D eigenvalue weighted by atomic mass is 10.0. The largest absolute Gasteiger partial charge is 0.481 e. The number of likely N-dealkylation sites (N-methyl/N-ethyl adjacent to an activating group) is 1. The molecule has 0 unspecified atom stereocenters. The second-order valence-corrected chi connectivity index (χ2v) is 9.32. The van der Waals surface area contributed by atoms with Crippen LogP contribution in [-0.4, -0.2) is 118 Å². The Hall–Kier alpha value is -3.02. The standard InChI is InChI=1S/C24H32FN5O5/c1-26-6-10-28(11-7-26)21(31)16-27-8-12-29(13-9-27)23(24(34)35)19-15-30(5-4-22(32)33)20-14-17(25)2-3-18(19)20/h2-3,14-15,23H,4-13,16H2,1H3,(H,32,33)(H,34,35)/t23-/m0/s1. The van der Waals surface area contributed by atoms with Crippen LogP contribution in [0.5, 0.6) is 0 Å². The highest BCUT2D eigenvalue weighted by molar-refractivity contribution is 5.90. The fourth-order valence-corrected chi connectivity index (χ4v) is 4.93. The van der Waals surface area contributed by atoms with Gasteiger partial charge >= 0.3 is 11.9 Å². The van der Waals surface area contributed by atoms with Gasteiger partial charge in [0.05, 0.1) is 18.5 Å². The number of piperazine rings is 2. The van der Waals surface area contributed by atoms with Gasteiger partial charge in [0, 0.05) is 76.0 Å². The summed E-state index contributed by atoms with van der Waals surface area (Å²) in [5.74, 6) is -2.37. The number of carbonyl (C=O) groups excluding carboxylic acids is 1. The number of aromatic nitrogens is 1. The van der Waals surface area contributed by atoms with Crippen LogP contribution in [0.3, 0.4) is 0 Å². The molecule has 0 radical (unpaired) electrons. The molecular formula is C24H32FN5O5. The summed E-state index contributed by atoms with van der Waals surface area (Å²) >= 11 is 0. The van der Waals surface area contributed by atoms with Crippen molar-refractivity contribution in [2.24, 2.45) is 0 Å². The van der Waals surface area contributed by atoms with Crippen molar-refractivity contribution in [3.63, 3.8) is 0 Å². The molecule has 190 valence electrons. The summed E-state index contributed by atoms with van der Waals surface area (Å²) in [4.78, 5) is 44.1. The minimum Gasteiger partial charge on any atom is -0.481 e. The zero-order valence-electron chi connectivity index (χ0n) is 19.9. The molecule has 2 aromatic rings. The fourth-order valence-electron chi connectivity index (χ4n) is 4.93. The molecule has 2 aliphatic rings. The van der Waals surface area contributed by atoms with Gasteiger partial charge in [-0.25, -0.2) is 4.39 Å². The summed E-state index contributed by atoms with van der Waals surface area (Å²) in [6, 6.07) is 3.19. The van der Waals surface area contributed by atoms with Gasteiger partial charge in [-0.15, -0.1) is 0 Å². The molecule has 0 spiro atoms. The highest BCUT2D eigenvalue weighted by Crippen LogP contribution is 2.32. The number of aliphatic carboxylic acids is 2. The van der Waals surface area contributed by atoms with Gasteiger partial charge in [0.2, 0.25) is 5.91 Å². The molecule has 1 amide bonds. The van der Waals surface area contributed by atoms with E-state index in [1.807, 2.05) is 16.8 Å². The van der Waals surface area contributed by atoms with Crippen molar-refractivity contribution in [3.8, 4) is 0 Å². The van der Waals surface area contributed by atoms with Crippen LogP contribution < -0.4 is 0 Å². The number of fused-ring (bicyclic) bond motifs is 1. The minimum atomic E-state index is -1.02. The van der Waals surface area contributed by atoms with Gasteiger partial charge in [0.15, 0.2) is 0 Å². The first-order valence-electron chi connectivity index (χ1n) is 11.9. The van der Waals surface area contributed by atoms with E-state index in [2.05, 4.69) is 9.80 Å². The fraction of sp³-hybridized carbons (Fsp3) is 0.542. The number of carboxylic acids is 2. The normalized spacial score (nSPS) is 19.2. The molecule has 2 aliphatic heterocycles. The summed E-state index contributed by atoms with van der Waals surface area (Å²) in [6.07, 6.45) is 1.48. The monoisotopic (exact) mass is 489 g/mol. The van der Waals surface area contributed by atoms with E-state index in [0.29, 0.717) is 49.2 Å². The Morgan fingerprint density at radius 2 is 1.69 bits per heavy atom. The van der Waals surface area contributed by atoms with Crippen molar-refractivity contribution in [1.29, 1.82) is 0 Å². The average Bonchev–Trinajstić information content (AvgIpc) is 3.16. The topological polar surface area (TPSA) is 110 Å². The van der Waals surface area contributed by atoms with Crippen molar-refractivity contribution >= 4 is 28.7 Å². The summed E-state index contributed by atoms with van der Waals surface area (Å²) < 4.78 is 15.6. The third-order valence-corrected chi connectivity index (χ3v) is 6.96. The van der Waals surface area contributed by atoms with Gasteiger partial charge in [0.25, 0.3) is 0 Å². The van der Waals surface area contributed by atoms with E-state index in [4.69, 9.17) is 5.11 Å². The van der Waals surface area contributed by atoms with Crippen LogP contribution >= 0.6 is 0 Å². The van der Waals surface area contributed by atoms with Gasteiger partial charge in [-0.1, -0.05) is 0 Å². The molecule has 10 nitrogen and oxygen atoms in total. The van der Waals surface area contributed by atoms with E-state index in [1.165, 1.54) is 12.1 Å². The van der Waals surface area contributed by atoms with E-state index in [1.54, 1.807) is 16.8 Å². The van der Waals surface area contributed by atoms with Gasteiger partial charge < -0.3 is 24.6 Å². The Labute approximate surface area is 203 Å². The van der Waals surface area contributed by atoms with E-state index in [-0.39, 0.29) is 18.9 Å². The summed E-state index contributed by atoms with van der Waals surface area (Å²) in [5, 5.41) is 19.8. The molecule has 1 atom stereocenters. The molecular weight excluding hydrogens is 457 g/mol. The zero-order chi connectivity index (χ0) is 25.1. The molecule has 0 aliphatic carbocycles. The number of benzene rings is 1. The maximum atomic E-state index is 13.9. The molecule has 2 N–H and O–H groups in total. The SMILES string of the molecule is CN1CCN(C(=O)CN2CCN([C@H](C(=O)O)c3cn(CCC(=O)O)c4cc(F)ccc34)CC2)CC1. The van der Waals surface area contributed by atoms with Crippen LogP contribution in [0.15, 0.2) is 24.4 Å². The quantitative estimate of drug-likeness (QED) is 0.560. The second kappa shape index (κ2) is 10.7. The number of halogens is 1. The van der Waals surface area contributed by atoms with Crippen molar-refractivity contribution < 1.29 is 29.0 Å². The number of nitrogens with zero attached hydrogens (tertiary/aromatic N) is 5. The average molecular weight is 490 g/mol.